The molecule has 5 heavy (non-hydrogen) atoms. The minimum absolute atomic E-state index is 1.53. The van der Waals surface area contributed by atoms with Gasteiger partial charge in [-0.2, -0.15) is 0 Å². The van der Waals surface area contributed by atoms with E-state index in [1.54, 1.807) is 0 Å². The van der Waals surface area contributed by atoms with Crippen LogP contribution in [0.5, 0.6) is 0 Å². The van der Waals surface area contributed by atoms with Gasteiger partial charge in [-0.15, -0.1) is 0 Å². The molecule has 0 nitrogen and oxygen atoms in total. The summed E-state index contributed by atoms with van der Waals surface area (Å²) in [5, 5.41) is 0. The predicted molar refractivity (Wildman–Crippen MR) is 30.6 cm³/mol. The van der Waals surface area contributed by atoms with Crippen LogP contribution in [0.4, 0.5) is 0 Å². The van der Waals surface area contributed by atoms with E-state index in [2.05, 4.69) is 17.1 Å². The molecular weight excluding hydrogens is 146 g/mol. The predicted octanol–water partition coefficient (Wildman–Crippen LogP) is 1.79. The van der Waals surface area contributed by atoms with E-state index in [1.165, 1.54) is 0 Å². The molecule has 0 fully saturated rings. The first-order valence-electron chi connectivity index (χ1n) is 1.69. The maximum atomic E-state index is 5.72. The monoisotopic (exact) mass is 156 g/mol. The molecular formula is C3H10AsCl. The molecule has 0 aliphatic heterocycles. The van der Waals surface area contributed by atoms with E-state index >= 15 is 0 Å². The van der Waals surface area contributed by atoms with Gasteiger partial charge in [-0.3, -0.25) is 0 Å². The molecule has 0 rings (SSSR count). The Labute approximate surface area is 40.1 Å². The van der Waals surface area contributed by atoms with Crippen molar-refractivity contribution in [1.29, 1.82) is 0 Å². The fraction of sp³-hybridized carbons (Fsp3) is 1.00. The molecule has 2 heteroatoms. The Bertz CT molecular complexity index is 22.4. The summed E-state index contributed by atoms with van der Waals surface area (Å²) in [7, 11) is 5.72. The third-order valence-corrected chi connectivity index (χ3v) is 0. The second kappa shape index (κ2) is 1.53. The second-order valence-electron chi connectivity index (χ2n) is 2.07. The van der Waals surface area contributed by atoms with Crippen LogP contribution in [-0.4, -0.2) is 12.6 Å². The zero-order valence-electron chi connectivity index (χ0n) is 3.88. The first-order chi connectivity index (χ1) is 2.00. The molecule has 0 saturated carbocycles. The normalized spacial score (nSPS) is 15.2. The zero-order valence-corrected chi connectivity index (χ0v) is 6.73. The van der Waals surface area contributed by atoms with Crippen LogP contribution in [0, 0.1) is 0 Å². The number of hydrogen-bond acceptors (Lipinski definition) is 0. The number of halogens is 1. The summed E-state index contributed by atoms with van der Waals surface area (Å²) in [5.74, 6) is 0. The van der Waals surface area contributed by atoms with E-state index in [0.29, 0.717) is 0 Å². The summed E-state index contributed by atoms with van der Waals surface area (Å²) >= 11 is -1.53. The van der Waals surface area contributed by atoms with Crippen LogP contribution in [0.15, 0.2) is 0 Å². The quantitative estimate of drug-likeness (QED) is 0.469. The van der Waals surface area contributed by atoms with Gasteiger partial charge in [0, 0.05) is 0 Å². The molecule has 0 atom stereocenters. The molecule has 0 unspecified atom stereocenters. The average molecular weight is 156 g/mol. The first-order valence-corrected chi connectivity index (χ1v) is 10.7. The summed E-state index contributed by atoms with van der Waals surface area (Å²) in [4.78, 5) is 0. The molecule has 0 spiro atoms. The summed E-state index contributed by atoms with van der Waals surface area (Å²) in [6.45, 7) is 0. The van der Waals surface area contributed by atoms with Crippen LogP contribution in [0.25, 0.3) is 0 Å². The van der Waals surface area contributed by atoms with Gasteiger partial charge in [0.1, 0.15) is 0 Å². The van der Waals surface area contributed by atoms with Gasteiger partial charge >= 0.3 is 39.7 Å². The Morgan fingerprint density at radius 3 is 1.20 bits per heavy atom. The molecule has 0 N–H and O–H groups in total. The molecule has 0 radical (unpaired) electrons. The third-order valence-electron chi connectivity index (χ3n) is 0. The van der Waals surface area contributed by atoms with Crippen molar-refractivity contribution in [3.8, 4) is 0 Å². The zero-order chi connectivity index (χ0) is 4.50. The van der Waals surface area contributed by atoms with Gasteiger partial charge in [0.2, 0.25) is 0 Å². The first kappa shape index (κ1) is 5.85. The van der Waals surface area contributed by atoms with Crippen LogP contribution in [-0.2, 0) is 0 Å². The third kappa shape index (κ3) is 54.6. The maximum absolute atomic E-state index is 5.72. The fourth-order valence-electron chi connectivity index (χ4n) is 0. The van der Waals surface area contributed by atoms with Crippen molar-refractivity contribution in [2.75, 3.05) is 0 Å². The Morgan fingerprint density at radius 2 is 1.20 bits per heavy atom. The van der Waals surface area contributed by atoms with Crippen molar-refractivity contribution in [2.24, 2.45) is 0 Å². The molecule has 0 bridgehead atoms. The summed E-state index contributed by atoms with van der Waals surface area (Å²) in [6.07, 6.45) is 0. The summed E-state index contributed by atoms with van der Waals surface area (Å²) in [5.41, 5.74) is 6.42. The van der Waals surface area contributed by atoms with Gasteiger partial charge < -0.3 is 0 Å². The van der Waals surface area contributed by atoms with Crippen molar-refractivity contribution in [3.05, 3.63) is 0 Å². The Kier molecular flexibility index (Phi) is 1.79. The fourth-order valence-corrected chi connectivity index (χ4v) is 0. The van der Waals surface area contributed by atoms with Crippen molar-refractivity contribution in [3.63, 3.8) is 0 Å². The average Bonchev–Trinajstić information content (AvgIpc) is 0.722. The van der Waals surface area contributed by atoms with E-state index in [9.17, 15) is 0 Å². The summed E-state index contributed by atoms with van der Waals surface area (Å²) < 4.78 is 0. The molecule has 0 aromatic carbocycles. The molecule has 0 aromatic rings. The molecule has 0 aliphatic rings. The molecule has 0 amide bonds. The van der Waals surface area contributed by atoms with Gasteiger partial charge in [-0.1, -0.05) is 0 Å². The van der Waals surface area contributed by atoms with Gasteiger partial charge in [0.05, 0.1) is 0 Å². The van der Waals surface area contributed by atoms with Gasteiger partial charge in [-0.05, 0) is 0 Å². The minimum atomic E-state index is -1.53. The standard InChI is InChI=1S/C3H10AsCl/c1-4(2,3)5/h4H,1-3H3. The molecule has 0 aromatic heterocycles. The van der Waals surface area contributed by atoms with Gasteiger partial charge in [0.15, 0.2) is 0 Å². The van der Waals surface area contributed by atoms with E-state index in [0.717, 1.165) is 0 Å². The van der Waals surface area contributed by atoms with E-state index in [1.807, 2.05) is 0 Å². The molecule has 34 valence electrons. The van der Waals surface area contributed by atoms with Crippen LogP contribution >= 0.6 is 9.95 Å². The van der Waals surface area contributed by atoms with Crippen molar-refractivity contribution < 1.29 is 0 Å². The van der Waals surface area contributed by atoms with E-state index < -0.39 is 12.6 Å². The van der Waals surface area contributed by atoms with Gasteiger partial charge in [0.25, 0.3) is 0 Å². The van der Waals surface area contributed by atoms with E-state index in [4.69, 9.17) is 9.95 Å². The van der Waals surface area contributed by atoms with Gasteiger partial charge in [-0.25, -0.2) is 0 Å². The number of rotatable bonds is 0. The van der Waals surface area contributed by atoms with Crippen LogP contribution in [0.1, 0.15) is 0 Å². The molecule has 0 heterocycles. The molecule has 0 saturated heterocycles. The van der Waals surface area contributed by atoms with E-state index in [-0.39, 0.29) is 0 Å². The van der Waals surface area contributed by atoms with Crippen LogP contribution in [0.3, 0.4) is 0 Å². The van der Waals surface area contributed by atoms with Crippen molar-refractivity contribution in [1.82, 2.24) is 0 Å². The number of hydrogen-bond donors (Lipinski definition) is 0. The van der Waals surface area contributed by atoms with Crippen LogP contribution in [0.2, 0.25) is 17.1 Å². The summed E-state index contributed by atoms with van der Waals surface area (Å²) in [6, 6.07) is 0. The molecule has 0 aliphatic carbocycles. The SMILES string of the molecule is C[AsH](C)(C)Cl. The Hall–Kier alpha value is 0.848. The van der Waals surface area contributed by atoms with Crippen LogP contribution < -0.4 is 0 Å². The topological polar surface area (TPSA) is 0 Å². The van der Waals surface area contributed by atoms with Crippen molar-refractivity contribution in [2.45, 2.75) is 17.1 Å². The Balaban J connectivity index is 3.02. The van der Waals surface area contributed by atoms with Crippen molar-refractivity contribution >= 4 is 22.6 Å². The second-order valence-corrected chi connectivity index (χ2v) is 16.6. The Morgan fingerprint density at radius 1 is 1.20 bits per heavy atom.